The van der Waals surface area contributed by atoms with E-state index in [0.29, 0.717) is 0 Å². The van der Waals surface area contributed by atoms with E-state index in [-0.39, 0.29) is 5.97 Å². The Morgan fingerprint density at radius 1 is 1.36 bits per heavy atom. The van der Waals surface area contributed by atoms with E-state index >= 15 is 0 Å². The number of pyridine rings is 1. The number of rotatable bonds is 2. The molecule has 1 aromatic rings. The van der Waals surface area contributed by atoms with Crippen LogP contribution in [0, 0.1) is 18.8 Å². The van der Waals surface area contributed by atoms with E-state index in [9.17, 15) is 4.79 Å². The Hall–Kier alpha value is -2.84. The first kappa shape index (κ1) is 20.2. The summed E-state index contributed by atoms with van der Waals surface area (Å²) in [4.78, 5) is 15.8. The summed E-state index contributed by atoms with van der Waals surface area (Å²) in [6, 6.07) is 1.52. The minimum absolute atomic E-state index is 0.320. The molecule has 5 heteroatoms. The third kappa shape index (κ3) is 5.33. The van der Waals surface area contributed by atoms with Crippen molar-refractivity contribution in [3.05, 3.63) is 59.1 Å². The molecule has 1 atom stereocenters. The highest BCUT2D eigenvalue weighted by Crippen LogP contribution is 2.18. The topological polar surface area (TPSA) is 71.5 Å². The van der Waals surface area contributed by atoms with E-state index in [2.05, 4.69) is 28.7 Å². The van der Waals surface area contributed by atoms with Crippen molar-refractivity contribution in [1.82, 2.24) is 10.3 Å². The fourth-order valence-corrected chi connectivity index (χ4v) is 2.22. The summed E-state index contributed by atoms with van der Waals surface area (Å²) in [5.41, 5.74) is 5.50. The Bertz CT molecular complexity index is 780. The van der Waals surface area contributed by atoms with Gasteiger partial charge in [0.25, 0.3) is 0 Å². The second-order valence-corrected chi connectivity index (χ2v) is 5.48. The van der Waals surface area contributed by atoms with Crippen LogP contribution < -0.4 is 5.32 Å². The Morgan fingerprint density at radius 3 is 2.60 bits per heavy atom. The molecule has 1 aromatic heterocycles. The van der Waals surface area contributed by atoms with Crippen molar-refractivity contribution in [2.75, 3.05) is 14.2 Å². The zero-order valence-electron chi connectivity index (χ0n) is 15.3. The number of allylic oxidation sites excluding steroid dienone is 3. The first-order valence-corrected chi connectivity index (χ1v) is 7.74. The van der Waals surface area contributed by atoms with Gasteiger partial charge in [-0.15, -0.1) is 0 Å². The molecule has 2 heterocycles. The fourth-order valence-electron chi connectivity index (χ4n) is 2.22. The molecule has 0 aromatic carbocycles. The normalized spacial score (nSPS) is 15.2. The average Bonchev–Trinajstić information content (AvgIpc) is 2.62. The maximum Gasteiger partial charge on any atom is 0.332 e. The number of dihydropyridines is 1. The maximum atomic E-state index is 11.5. The van der Waals surface area contributed by atoms with Gasteiger partial charge in [0, 0.05) is 30.8 Å². The Balaban J connectivity index is 0.00000151. The molecule has 132 valence electrons. The van der Waals surface area contributed by atoms with Crippen LogP contribution in [0.25, 0.3) is 5.57 Å². The Morgan fingerprint density at radius 2 is 2.04 bits per heavy atom. The summed E-state index contributed by atoms with van der Waals surface area (Å²) >= 11 is 0. The van der Waals surface area contributed by atoms with Gasteiger partial charge in [-0.3, -0.25) is 4.98 Å². The summed E-state index contributed by atoms with van der Waals surface area (Å²) in [6.45, 7) is 9.80. The molecule has 2 N–H and O–H groups in total. The second-order valence-electron chi connectivity index (χ2n) is 5.48. The molecule has 2 rings (SSSR count). The predicted molar refractivity (Wildman–Crippen MR) is 99.5 cm³/mol. The first-order valence-electron chi connectivity index (χ1n) is 7.74. The highest BCUT2D eigenvalue weighted by atomic mass is 16.5. The third-order valence-corrected chi connectivity index (χ3v) is 3.54. The predicted octanol–water partition coefficient (Wildman–Crippen LogP) is 2.36. The van der Waals surface area contributed by atoms with Crippen molar-refractivity contribution in [2.24, 2.45) is 0 Å². The number of nitrogens with zero attached hydrogens (tertiary/aromatic N) is 1. The first-order chi connectivity index (χ1) is 11.9. The van der Waals surface area contributed by atoms with Crippen LogP contribution >= 0.6 is 0 Å². The SMILES string of the molecule is C=C(C)c1cc(C)ncc1C#CC1=CNC(C(=O)OC)C=C1C.CO. The summed E-state index contributed by atoms with van der Waals surface area (Å²) in [5, 5.41) is 9.98. The number of hydrogen-bond donors (Lipinski definition) is 2. The van der Waals surface area contributed by atoms with Crippen LogP contribution in [0.2, 0.25) is 0 Å². The standard InChI is InChI=1S/C19H20N2O2.CH4O/c1-12(2)17-9-14(4)20-11-16(17)7-6-15-10-21-18(8-13(15)3)19(22)23-5;1-2/h8-11,18,21H,1H2,2-5H3;2H,1H3. The quantitative estimate of drug-likeness (QED) is 0.639. The number of esters is 1. The fraction of sp³-hybridized carbons (Fsp3) is 0.300. The van der Waals surface area contributed by atoms with E-state index in [1.54, 1.807) is 12.4 Å². The summed E-state index contributed by atoms with van der Waals surface area (Å²) < 4.78 is 4.73. The lowest BCUT2D eigenvalue weighted by molar-refractivity contribution is -0.141. The smallest absolute Gasteiger partial charge is 0.332 e. The van der Waals surface area contributed by atoms with Crippen LogP contribution in [0.4, 0.5) is 0 Å². The van der Waals surface area contributed by atoms with Gasteiger partial charge < -0.3 is 15.2 Å². The molecule has 0 fully saturated rings. The minimum atomic E-state index is -0.461. The van der Waals surface area contributed by atoms with Gasteiger partial charge in [-0.05, 0) is 49.6 Å². The molecular formula is C20H24N2O3. The van der Waals surface area contributed by atoms with E-state index in [1.807, 2.05) is 32.9 Å². The number of nitrogens with one attached hydrogen (secondary N) is 1. The lowest BCUT2D eigenvalue weighted by Crippen LogP contribution is -2.34. The molecule has 0 aliphatic carbocycles. The molecule has 0 saturated heterocycles. The molecular weight excluding hydrogens is 316 g/mol. The molecule has 0 bridgehead atoms. The van der Waals surface area contributed by atoms with E-state index in [4.69, 9.17) is 9.84 Å². The second kappa shape index (κ2) is 9.45. The van der Waals surface area contributed by atoms with Crippen molar-refractivity contribution < 1.29 is 14.6 Å². The van der Waals surface area contributed by atoms with Crippen molar-refractivity contribution in [3.63, 3.8) is 0 Å². The lowest BCUT2D eigenvalue weighted by atomic mass is 10.0. The van der Waals surface area contributed by atoms with Crippen LogP contribution in [0.5, 0.6) is 0 Å². The third-order valence-electron chi connectivity index (χ3n) is 3.54. The summed E-state index contributed by atoms with van der Waals surface area (Å²) in [7, 11) is 2.37. The molecule has 0 saturated carbocycles. The number of aliphatic hydroxyl groups excluding tert-OH is 1. The number of hydrogen-bond acceptors (Lipinski definition) is 5. The molecule has 0 radical (unpaired) electrons. The zero-order chi connectivity index (χ0) is 19.0. The van der Waals surface area contributed by atoms with Crippen LogP contribution in [0.15, 0.2) is 42.3 Å². The largest absolute Gasteiger partial charge is 0.467 e. The number of ether oxygens (including phenoxy) is 1. The Labute approximate surface area is 149 Å². The van der Waals surface area contributed by atoms with Crippen molar-refractivity contribution in [3.8, 4) is 11.8 Å². The maximum absolute atomic E-state index is 11.5. The van der Waals surface area contributed by atoms with Crippen molar-refractivity contribution >= 4 is 11.5 Å². The van der Waals surface area contributed by atoms with Gasteiger partial charge in [0.15, 0.2) is 0 Å². The Kier molecular flexibility index (Phi) is 7.64. The van der Waals surface area contributed by atoms with E-state index in [1.165, 1.54) is 7.11 Å². The molecule has 1 aliphatic rings. The lowest BCUT2D eigenvalue weighted by Gasteiger charge is -2.17. The van der Waals surface area contributed by atoms with Crippen molar-refractivity contribution in [1.29, 1.82) is 0 Å². The van der Waals surface area contributed by atoms with Crippen LogP contribution in [-0.2, 0) is 9.53 Å². The highest BCUT2D eigenvalue weighted by molar-refractivity contribution is 5.79. The van der Waals surface area contributed by atoms with Gasteiger partial charge in [0.05, 0.1) is 12.7 Å². The molecule has 5 nitrogen and oxygen atoms in total. The van der Waals surface area contributed by atoms with Gasteiger partial charge in [0.2, 0.25) is 0 Å². The van der Waals surface area contributed by atoms with Gasteiger partial charge in [-0.25, -0.2) is 4.79 Å². The summed E-state index contributed by atoms with van der Waals surface area (Å²) in [6.07, 6.45) is 5.31. The average molecular weight is 340 g/mol. The zero-order valence-corrected chi connectivity index (χ0v) is 15.3. The number of carbonyl (C=O) groups excluding carboxylic acids is 1. The van der Waals surface area contributed by atoms with Gasteiger partial charge in [-0.1, -0.05) is 18.4 Å². The number of carbonyl (C=O) groups is 1. The van der Waals surface area contributed by atoms with Gasteiger partial charge >= 0.3 is 5.97 Å². The number of aromatic nitrogens is 1. The minimum Gasteiger partial charge on any atom is -0.467 e. The van der Waals surface area contributed by atoms with E-state index in [0.717, 1.165) is 40.6 Å². The van der Waals surface area contributed by atoms with Gasteiger partial charge in [-0.2, -0.15) is 0 Å². The van der Waals surface area contributed by atoms with Crippen LogP contribution in [-0.4, -0.2) is 36.3 Å². The van der Waals surface area contributed by atoms with Gasteiger partial charge in [0.1, 0.15) is 6.04 Å². The molecule has 0 amide bonds. The monoisotopic (exact) mass is 340 g/mol. The number of aryl methyl sites for hydroxylation is 1. The summed E-state index contributed by atoms with van der Waals surface area (Å²) in [5.74, 6) is 5.95. The molecule has 25 heavy (non-hydrogen) atoms. The van der Waals surface area contributed by atoms with Crippen LogP contribution in [0.1, 0.15) is 30.7 Å². The molecule has 1 aliphatic heterocycles. The molecule has 1 unspecified atom stereocenters. The number of methoxy groups -OCH3 is 1. The number of aliphatic hydroxyl groups is 1. The highest BCUT2D eigenvalue weighted by Gasteiger charge is 2.19. The van der Waals surface area contributed by atoms with Crippen molar-refractivity contribution in [2.45, 2.75) is 26.8 Å². The van der Waals surface area contributed by atoms with E-state index < -0.39 is 6.04 Å². The molecule has 0 spiro atoms. The van der Waals surface area contributed by atoms with Crippen LogP contribution in [0.3, 0.4) is 0 Å².